The fraction of sp³-hybridized carbons (Fsp3) is 0.917. The molecular formula is C12H25NO2. The van der Waals surface area contributed by atoms with Gasteiger partial charge in [-0.15, -0.1) is 0 Å². The maximum absolute atomic E-state index is 10.5. The van der Waals surface area contributed by atoms with E-state index in [9.17, 15) is 4.79 Å². The molecular weight excluding hydrogens is 190 g/mol. The van der Waals surface area contributed by atoms with E-state index in [1.54, 1.807) is 6.92 Å². The molecule has 0 aliphatic rings. The smallest absolute Gasteiger partial charge is 0.306 e. The molecule has 0 rings (SSSR count). The first kappa shape index (κ1) is 14.4. The Balaban J connectivity index is 3.15. The molecule has 0 bridgehead atoms. The van der Waals surface area contributed by atoms with Gasteiger partial charge in [0.05, 0.1) is 5.92 Å². The van der Waals surface area contributed by atoms with Crippen molar-refractivity contribution in [1.82, 2.24) is 5.32 Å². The van der Waals surface area contributed by atoms with Gasteiger partial charge in [-0.3, -0.25) is 4.79 Å². The van der Waals surface area contributed by atoms with E-state index in [0.717, 1.165) is 25.8 Å². The van der Waals surface area contributed by atoms with E-state index in [1.807, 2.05) is 0 Å². The maximum Gasteiger partial charge on any atom is 0.306 e. The van der Waals surface area contributed by atoms with Crippen LogP contribution in [0.2, 0.25) is 0 Å². The van der Waals surface area contributed by atoms with Crippen molar-refractivity contribution >= 4 is 5.97 Å². The molecule has 2 N–H and O–H groups in total. The third kappa shape index (κ3) is 9.73. The van der Waals surface area contributed by atoms with Crippen LogP contribution in [0.25, 0.3) is 0 Å². The highest BCUT2D eigenvalue weighted by atomic mass is 16.4. The van der Waals surface area contributed by atoms with Gasteiger partial charge in [-0.05, 0) is 19.4 Å². The van der Waals surface area contributed by atoms with Gasteiger partial charge in [-0.1, -0.05) is 40.0 Å². The van der Waals surface area contributed by atoms with E-state index in [2.05, 4.69) is 19.2 Å². The van der Waals surface area contributed by atoms with Crippen LogP contribution in [0.3, 0.4) is 0 Å². The van der Waals surface area contributed by atoms with E-state index in [-0.39, 0.29) is 5.92 Å². The molecule has 0 heterocycles. The zero-order chi connectivity index (χ0) is 11.7. The molecule has 0 spiro atoms. The number of unbranched alkanes of at least 4 members (excludes halogenated alkanes) is 3. The lowest BCUT2D eigenvalue weighted by Crippen LogP contribution is -2.23. The van der Waals surface area contributed by atoms with Gasteiger partial charge in [0.1, 0.15) is 0 Å². The molecule has 0 fully saturated rings. The monoisotopic (exact) mass is 215 g/mol. The van der Waals surface area contributed by atoms with Crippen LogP contribution in [0, 0.1) is 5.92 Å². The zero-order valence-corrected chi connectivity index (χ0v) is 10.3. The van der Waals surface area contributed by atoms with Crippen LogP contribution < -0.4 is 5.32 Å². The molecule has 1 atom stereocenters. The summed E-state index contributed by atoms with van der Waals surface area (Å²) in [7, 11) is 0. The fourth-order valence-electron chi connectivity index (χ4n) is 1.44. The summed E-state index contributed by atoms with van der Waals surface area (Å²) in [4.78, 5) is 10.5. The molecule has 15 heavy (non-hydrogen) atoms. The lowest BCUT2D eigenvalue weighted by Gasteiger charge is -2.08. The second kappa shape index (κ2) is 8.72. The summed E-state index contributed by atoms with van der Waals surface area (Å²) in [6.07, 6.45) is 5.39. The average molecular weight is 215 g/mol. The van der Waals surface area contributed by atoms with Crippen molar-refractivity contribution in [3.8, 4) is 0 Å². The normalized spacial score (nSPS) is 13.1. The van der Waals surface area contributed by atoms with Gasteiger partial charge in [0.25, 0.3) is 0 Å². The van der Waals surface area contributed by atoms with Crippen LogP contribution in [-0.4, -0.2) is 23.7 Å². The number of hydrogen-bond donors (Lipinski definition) is 2. The van der Waals surface area contributed by atoms with Crippen molar-refractivity contribution in [3.63, 3.8) is 0 Å². The first-order chi connectivity index (χ1) is 7.04. The van der Waals surface area contributed by atoms with E-state index in [1.165, 1.54) is 12.8 Å². The molecule has 3 heteroatoms. The van der Waals surface area contributed by atoms with Crippen molar-refractivity contribution < 1.29 is 9.90 Å². The quantitative estimate of drug-likeness (QED) is 0.581. The molecule has 0 saturated carbocycles. The van der Waals surface area contributed by atoms with Crippen molar-refractivity contribution in [2.75, 3.05) is 6.54 Å². The van der Waals surface area contributed by atoms with E-state index < -0.39 is 5.97 Å². The zero-order valence-electron chi connectivity index (χ0n) is 10.3. The Morgan fingerprint density at radius 3 is 2.27 bits per heavy atom. The lowest BCUT2D eigenvalue weighted by atomic mass is 10.0. The molecule has 0 amide bonds. The van der Waals surface area contributed by atoms with Crippen molar-refractivity contribution in [1.29, 1.82) is 0 Å². The summed E-state index contributed by atoms with van der Waals surface area (Å²) >= 11 is 0. The maximum atomic E-state index is 10.5. The second-order valence-electron chi connectivity index (χ2n) is 4.55. The highest BCUT2D eigenvalue weighted by Gasteiger charge is 2.09. The second-order valence-corrected chi connectivity index (χ2v) is 4.55. The summed E-state index contributed by atoms with van der Waals surface area (Å²) in [6, 6.07) is 0.567. The third-order valence-electron chi connectivity index (χ3n) is 2.54. The Bertz CT molecular complexity index is 169. The number of aliphatic carboxylic acids is 1. The van der Waals surface area contributed by atoms with Crippen molar-refractivity contribution in [3.05, 3.63) is 0 Å². The summed E-state index contributed by atoms with van der Waals surface area (Å²) < 4.78 is 0. The summed E-state index contributed by atoms with van der Waals surface area (Å²) in [6.45, 7) is 7.15. The van der Waals surface area contributed by atoms with Gasteiger partial charge in [-0.25, -0.2) is 0 Å². The van der Waals surface area contributed by atoms with Gasteiger partial charge in [0.15, 0.2) is 0 Å². The Hall–Kier alpha value is -0.570. The number of carbonyl (C=O) groups is 1. The summed E-state index contributed by atoms with van der Waals surface area (Å²) in [5.41, 5.74) is 0. The van der Waals surface area contributed by atoms with Crippen molar-refractivity contribution in [2.24, 2.45) is 5.92 Å². The standard InChI is InChI=1S/C12H25NO2/c1-10(2)13-9-7-5-4-6-8-11(3)12(14)15/h10-11,13H,4-9H2,1-3H3,(H,14,15). The first-order valence-electron chi connectivity index (χ1n) is 6.00. The van der Waals surface area contributed by atoms with Gasteiger partial charge in [0, 0.05) is 6.04 Å². The molecule has 0 aromatic carbocycles. The summed E-state index contributed by atoms with van der Waals surface area (Å²) in [5, 5.41) is 12.0. The molecule has 90 valence electrons. The molecule has 3 nitrogen and oxygen atoms in total. The van der Waals surface area contributed by atoms with Gasteiger partial charge >= 0.3 is 5.97 Å². The predicted octanol–water partition coefficient (Wildman–Crippen LogP) is 2.66. The minimum atomic E-state index is -0.670. The molecule has 0 aromatic heterocycles. The van der Waals surface area contributed by atoms with Crippen LogP contribution >= 0.6 is 0 Å². The predicted molar refractivity (Wildman–Crippen MR) is 63.0 cm³/mol. The van der Waals surface area contributed by atoms with Gasteiger partial charge in [-0.2, -0.15) is 0 Å². The minimum absolute atomic E-state index is 0.182. The Labute approximate surface area is 93.3 Å². The van der Waals surface area contributed by atoms with E-state index in [4.69, 9.17) is 5.11 Å². The topological polar surface area (TPSA) is 49.3 Å². The highest BCUT2D eigenvalue weighted by Crippen LogP contribution is 2.10. The Morgan fingerprint density at radius 1 is 1.13 bits per heavy atom. The number of carboxylic acid groups (broad SMARTS) is 1. The molecule has 0 aliphatic heterocycles. The number of carboxylic acids is 1. The summed E-state index contributed by atoms with van der Waals surface area (Å²) in [5.74, 6) is -0.852. The van der Waals surface area contributed by atoms with Gasteiger partial charge in [0.2, 0.25) is 0 Å². The molecule has 0 aromatic rings. The fourth-order valence-corrected chi connectivity index (χ4v) is 1.44. The molecule has 0 radical (unpaired) electrons. The number of hydrogen-bond acceptors (Lipinski definition) is 2. The Kier molecular flexibility index (Phi) is 8.38. The number of rotatable bonds is 9. The van der Waals surface area contributed by atoms with Crippen LogP contribution in [0.1, 0.15) is 52.9 Å². The van der Waals surface area contributed by atoms with Crippen LogP contribution in [0.4, 0.5) is 0 Å². The molecule has 0 saturated heterocycles. The van der Waals surface area contributed by atoms with Gasteiger partial charge < -0.3 is 10.4 Å². The van der Waals surface area contributed by atoms with E-state index in [0.29, 0.717) is 6.04 Å². The number of nitrogens with one attached hydrogen (secondary N) is 1. The molecule has 0 aliphatic carbocycles. The van der Waals surface area contributed by atoms with E-state index >= 15 is 0 Å². The SMILES string of the molecule is CC(C)NCCCCCCC(C)C(=O)O. The van der Waals surface area contributed by atoms with Crippen LogP contribution in [0.15, 0.2) is 0 Å². The van der Waals surface area contributed by atoms with Crippen LogP contribution in [0.5, 0.6) is 0 Å². The minimum Gasteiger partial charge on any atom is -0.481 e. The highest BCUT2D eigenvalue weighted by molar-refractivity contribution is 5.69. The average Bonchev–Trinajstić information content (AvgIpc) is 2.15. The Morgan fingerprint density at radius 2 is 1.73 bits per heavy atom. The lowest BCUT2D eigenvalue weighted by molar-refractivity contribution is -0.141. The van der Waals surface area contributed by atoms with Crippen molar-refractivity contribution in [2.45, 2.75) is 58.9 Å². The largest absolute Gasteiger partial charge is 0.481 e. The van der Waals surface area contributed by atoms with Crippen LogP contribution in [-0.2, 0) is 4.79 Å². The molecule has 1 unspecified atom stereocenters. The third-order valence-corrected chi connectivity index (χ3v) is 2.54. The first-order valence-corrected chi connectivity index (χ1v) is 6.00.